The number of nitro groups is 1. The number of methoxy groups -OCH3 is 1. The first-order valence-corrected chi connectivity index (χ1v) is 14.0. The molecule has 226 valence electrons. The van der Waals surface area contributed by atoms with E-state index in [1.54, 1.807) is 0 Å². The molecular formula is C34H34N4O6. The van der Waals surface area contributed by atoms with Crippen LogP contribution in [0, 0.1) is 16.0 Å². The first kappa shape index (κ1) is 31.4. The number of hydrazone groups is 1. The van der Waals surface area contributed by atoms with Crippen LogP contribution in [0.5, 0.6) is 11.5 Å². The third-order valence-corrected chi connectivity index (χ3v) is 6.86. The minimum absolute atomic E-state index is 0.0171. The third kappa shape index (κ3) is 8.07. The largest absolute Gasteiger partial charge is 0.493 e. The van der Waals surface area contributed by atoms with Crippen molar-refractivity contribution in [2.75, 3.05) is 7.11 Å². The molecule has 0 saturated heterocycles. The molecule has 0 aliphatic carbocycles. The van der Waals surface area contributed by atoms with E-state index < -0.39 is 22.8 Å². The van der Waals surface area contributed by atoms with E-state index >= 15 is 0 Å². The van der Waals surface area contributed by atoms with Gasteiger partial charge in [-0.2, -0.15) is 5.10 Å². The van der Waals surface area contributed by atoms with Gasteiger partial charge in [-0.25, -0.2) is 5.43 Å². The van der Waals surface area contributed by atoms with Gasteiger partial charge in [0, 0.05) is 11.6 Å². The maximum absolute atomic E-state index is 13.6. The van der Waals surface area contributed by atoms with Crippen LogP contribution >= 0.6 is 0 Å². The van der Waals surface area contributed by atoms with Gasteiger partial charge in [0.1, 0.15) is 12.6 Å². The number of nitro benzene ring substituents is 1. The SMILES string of the molecule is COc1cc(/C=N\NC(=O)[C@H](NC(=O)C(c2ccccc2)c2ccccc2)C(C)C)cc([N+](=O)[O-])c1OCc1ccccc1. The fourth-order valence-electron chi connectivity index (χ4n) is 4.64. The topological polar surface area (TPSA) is 132 Å². The first-order chi connectivity index (χ1) is 21.3. The summed E-state index contributed by atoms with van der Waals surface area (Å²) < 4.78 is 11.1. The van der Waals surface area contributed by atoms with Crippen molar-refractivity contribution < 1.29 is 24.0 Å². The van der Waals surface area contributed by atoms with E-state index in [1.807, 2.05) is 105 Å². The number of hydrogen-bond donors (Lipinski definition) is 2. The minimum atomic E-state index is -0.896. The normalized spacial score (nSPS) is 11.8. The highest BCUT2D eigenvalue weighted by Gasteiger charge is 2.29. The summed E-state index contributed by atoms with van der Waals surface area (Å²) in [6.45, 7) is 3.74. The highest BCUT2D eigenvalue weighted by atomic mass is 16.6. The lowest BCUT2D eigenvalue weighted by molar-refractivity contribution is -0.386. The van der Waals surface area contributed by atoms with E-state index in [2.05, 4.69) is 15.8 Å². The van der Waals surface area contributed by atoms with Crippen LogP contribution in [-0.4, -0.2) is 36.1 Å². The highest BCUT2D eigenvalue weighted by Crippen LogP contribution is 2.38. The van der Waals surface area contributed by atoms with Crippen molar-refractivity contribution in [1.82, 2.24) is 10.7 Å². The molecular weight excluding hydrogens is 560 g/mol. The van der Waals surface area contributed by atoms with E-state index in [0.29, 0.717) is 5.56 Å². The molecule has 4 rings (SSSR count). The van der Waals surface area contributed by atoms with Crippen molar-refractivity contribution in [2.45, 2.75) is 32.4 Å². The van der Waals surface area contributed by atoms with Crippen molar-refractivity contribution in [1.29, 1.82) is 0 Å². The molecule has 10 heteroatoms. The Morgan fingerprint density at radius 2 is 1.45 bits per heavy atom. The Bertz CT molecular complexity index is 1560. The Kier molecular flexibility index (Phi) is 10.8. The average Bonchev–Trinajstić information content (AvgIpc) is 3.04. The molecule has 0 radical (unpaired) electrons. The van der Waals surface area contributed by atoms with Crippen LogP contribution in [-0.2, 0) is 16.2 Å². The molecule has 0 spiro atoms. The molecule has 0 heterocycles. The molecule has 10 nitrogen and oxygen atoms in total. The zero-order chi connectivity index (χ0) is 31.5. The van der Waals surface area contributed by atoms with Crippen molar-refractivity contribution in [3.8, 4) is 11.5 Å². The number of ether oxygens (including phenoxy) is 2. The second-order valence-electron chi connectivity index (χ2n) is 10.3. The Morgan fingerprint density at radius 3 is 1.98 bits per heavy atom. The molecule has 0 fully saturated rings. The molecule has 1 atom stereocenters. The summed E-state index contributed by atoms with van der Waals surface area (Å²) in [6, 6.07) is 29.8. The van der Waals surface area contributed by atoms with E-state index in [4.69, 9.17) is 9.47 Å². The predicted molar refractivity (Wildman–Crippen MR) is 168 cm³/mol. The van der Waals surface area contributed by atoms with Crippen LogP contribution in [0.15, 0.2) is 108 Å². The van der Waals surface area contributed by atoms with E-state index in [0.717, 1.165) is 16.7 Å². The van der Waals surface area contributed by atoms with Gasteiger partial charge in [-0.3, -0.25) is 19.7 Å². The zero-order valence-electron chi connectivity index (χ0n) is 24.7. The van der Waals surface area contributed by atoms with E-state index in [1.165, 1.54) is 25.5 Å². The Labute approximate surface area is 255 Å². The first-order valence-electron chi connectivity index (χ1n) is 14.0. The predicted octanol–water partition coefficient (Wildman–Crippen LogP) is 5.61. The summed E-state index contributed by atoms with van der Waals surface area (Å²) in [4.78, 5) is 38.1. The highest BCUT2D eigenvalue weighted by molar-refractivity contribution is 5.93. The van der Waals surface area contributed by atoms with Gasteiger partial charge >= 0.3 is 5.69 Å². The monoisotopic (exact) mass is 594 g/mol. The molecule has 4 aromatic rings. The fourth-order valence-corrected chi connectivity index (χ4v) is 4.64. The number of amides is 2. The Morgan fingerprint density at radius 1 is 0.886 bits per heavy atom. The molecule has 0 aliphatic rings. The van der Waals surface area contributed by atoms with Gasteiger partial charge in [0.05, 0.1) is 24.2 Å². The van der Waals surface area contributed by atoms with Gasteiger partial charge in [-0.1, -0.05) is 105 Å². The summed E-state index contributed by atoms with van der Waals surface area (Å²) in [5, 5.41) is 18.8. The second kappa shape index (κ2) is 15.1. The van der Waals surface area contributed by atoms with Gasteiger partial charge < -0.3 is 14.8 Å². The summed E-state index contributed by atoms with van der Waals surface area (Å²) in [5.74, 6) is -1.62. The minimum Gasteiger partial charge on any atom is -0.493 e. The van der Waals surface area contributed by atoms with E-state index in [-0.39, 0.29) is 35.6 Å². The lowest BCUT2D eigenvalue weighted by Crippen LogP contribution is -2.50. The van der Waals surface area contributed by atoms with Crippen LogP contribution in [0.25, 0.3) is 0 Å². The summed E-state index contributed by atoms with van der Waals surface area (Å²) in [6.07, 6.45) is 1.27. The number of hydrogen-bond acceptors (Lipinski definition) is 7. The maximum Gasteiger partial charge on any atom is 0.315 e. The molecule has 0 bridgehead atoms. The van der Waals surface area contributed by atoms with Crippen molar-refractivity contribution >= 4 is 23.7 Å². The van der Waals surface area contributed by atoms with Gasteiger partial charge in [0.25, 0.3) is 5.91 Å². The molecule has 0 saturated carbocycles. The van der Waals surface area contributed by atoms with Gasteiger partial charge in [-0.05, 0) is 28.7 Å². The number of carbonyl (C=O) groups is 2. The molecule has 0 aliphatic heterocycles. The smallest absolute Gasteiger partial charge is 0.315 e. The van der Waals surface area contributed by atoms with Crippen LogP contribution < -0.4 is 20.2 Å². The number of nitrogens with one attached hydrogen (secondary N) is 2. The van der Waals surface area contributed by atoms with Crippen LogP contribution in [0.2, 0.25) is 0 Å². The number of carbonyl (C=O) groups excluding carboxylic acids is 2. The molecule has 4 aromatic carbocycles. The molecule has 44 heavy (non-hydrogen) atoms. The van der Waals surface area contributed by atoms with Crippen molar-refractivity contribution in [3.05, 3.63) is 135 Å². The average molecular weight is 595 g/mol. The molecule has 2 amide bonds. The Balaban J connectivity index is 1.49. The summed E-state index contributed by atoms with van der Waals surface area (Å²) >= 11 is 0. The molecule has 2 N–H and O–H groups in total. The molecule has 0 unspecified atom stereocenters. The number of rotatable bonds is 13. The Hall–Kier alpha value is -5.51. The molecule has 0 aromatic heterocycles. The lowest BCUT2D eigenvalue weighted by Gasteiger charge is -2.24. The third-order valence-electron chi connectivity index (χ3n) is 6.86. The van der Waals surface area contributed by atoms with Crippen molar-refractivity contribution in [2.24, 2.45) is 11.0 Å². The van der Waals surface area contributed by atoms with Gasteiger partial charge in [0.15, 0.2) is 5.75 Å². The van der Waals surface area contributed by atoms with Crippen LogP contribution in [0.3, 0.4) is 0 Å². The standard InChI is InChI=1S/C34H34N4O6/c1-23(2)31(36-33(39)30(26-15-9-5-10-16-26)27-17-11-6-12-18-27)34(40)37-35-21-25-19-28(38(41)42)32(29(20-25)43-3)44-22-24-13-7-4-8-14-24/h4-21,23,30-31H,22H2,1-3H3,(H,36,39)(H,37,40)/b35-21-/t31-/m1/s1. The zero-order valence-corrected chi connectivity index (χ0v) is 24.7. The van der Waals surface area contributed by atoms with Crippen LogP contribution in [0.1, 0.15) is 42.0 Å². The van der Waals surface area contributed by atoms with Crippen molar-refractivity contribution in [3.63, 3.8) is 0 Å². The fraction of sp³-hybridized carbons (Fsp3) is 0.206. The summed E-state index contributed by atoms with van der Waals surface area (Å²) in [7, 11) is 1.38. The second-order valence-corrected chi connectivity index (χ2v) is 10.3. The summed E-state index contributed by atoms with van der Waals surface area (Å²) in [5.41, 5.74) is 4.88. The lowest BCUT2D eigenvalue weighted by atomic mass is 9.89. The van der Waals surface area contributed by atoms with Crippen LogP contribution in [0.4, 0.5) is 5.69 Å². The number of benzene rings is 4. The van der Waals surface area contributed by atoms with Gasteiger partial charge in [-0.15, -0.1) is 0 Å². The van der Waals surface area contributed by atoms with E-state index in [9.17, 15) is 19.7 Å². The van der Waals surface area contributed by atoms with Gasteiger partial charge in [0.2, 0.25) is 11.7 Å². The quantitative estimate of drug-likeness (QED) is 0.118. The maximum atomic E-state index is 13.6. The number of nitrogens with zero attached hydrogens (tertiary/aromatic N) is 2.